The van der Waals surface area contributed by atoms with Crippen LogP contribution in [-0.4, -0.2) is 46.4 Å². The topological polar surface area (TPSA) is 54.9 Å². The van der Waals surface area contributed by atoms with Crippen LogP contribution in [0.5, 0.6) is 5.75 Å². The Balaban J connectivity index is 0.00000288. The molecule has 0 aliphatic heterocycles. The third-order valence-electron chi connectivity index (χ3n) is 3.99. The fourth-order valence-corrected chi connectivity index (χ4v) is 2.34. The van der Waals surface area contributed by atoms with Crippen LogP contribution in [0.15, 0.2) is 23.2 Å². The van der Waals surface area contributed by atoms with Crippen molar-refractivity contribution in [2.45, 2.75) is 26.2 Å². The second kappa shape index (κ2) is 11.5. The fraction of sp³-hybridized carbons (Fsp3) is 0.611. The first-order valence-corrected chi connectivity index (χ1v) is 8.38. The molecule has 1 aliphatic carbocycles. The first-order valence-electron chi connectivity index (χ1n) is 8.38. The normalized spacial score (nSPS) is 14.0. The van der Waals surface area contributed by atoms with E-state index in [1.54, 1.807) is 14.2 Å². The number of methoxy groups -OCH3 is 1. The van der Waals surface area contributed by atoms with E-state index in [1.807, 2.05) is 0 Å². The van der Waals surface area contributed by atoms with E-state index in [4.69, 9.17) is 9.47 Å². The lowest BCUT2D eigenvalue weighted by Gasteiger charge is -2.12. The summed E-state index contributed by atoms with van der Waals surface area (Å²) in [4.78, 5) is 4.23. The molecule has 0 radical (unpaired) electrons. The number of hydrogen-bond acceptors (Lipinski definition) is 3. The quantitative estimate of drug-likeness (QED) is 0.265. The van der Waals surface area contributed by atoms with Gasteiger partial charge in [0.05, 0.1) is 13.7 Å². The minimum absolute atomic E-state index is 0. The summed E-state index contributed by atoms with van der Waals surface area (Å²) in [6, 6.07) is 6.33. The van der Waals surface area contributed by atoms with Crippen molar-refractivity contribution in [2.24, 2.45) is 10.9 Å². The molecule has 1 aromatic carbocycles. The molecule has 24 heavy (non-hydrogen) atoms. The third-order valence-corrected chi connectivity index (χ3v) is 3.99. The summed E-state index contributed by atoms with van der Waals surface area (Å²) in [5.74, 6) is 2.58. The zero-order valence-electron chi connectivity index (χ0n) is 14.9. The standard InChI is InChI=1S/C18H29N3O2.HI/c1-14-4-5-15(12-17(14)22-3)8-9-20-18(19-2)21-10-11-23-13-16-6-7-16;/h4-5,12,16H,6-11,13H2,1-3H3,(H2,19,20,21);1H. The molecule has 5 nitrogen and oxygen atoms in total. The molecule has 2 rings (SSSR count). The monoisotopic (exact) mass is 447 g/mol. The summed E-state index contributed by atoms with van der Waals surface area (Å²) < 4.78 is 11.0. The molecule has 6 heteroatoms. The number of ether oxygens (including phenoxy) is 2. The zero-order chi connectivity index (χ0) is 16.5. The summed E-state index contributed by atoms with van der Waals surface area (Å²) in [5.41, 5.74) is 2.41. The maximum atomic E-state index is 5.60. The lowest BCUT2D eigenvalue weighted by Crippen LogP contribution is -2.39. The van der Waals surface area contributed by atoms with Gasteiger partial charge in [0.25, 0.3) is 0 Å². The SMILES string of the molecule is CN=C(NCCOCC1CC1)NCCc1ccc(C)c(OC)c1.I. The second-order valence-corrected chi connectivity index (χ2v) is 6.00. The van der Waals surface area contributed by atoms with Gasteiger partial charge in [0.1, 0.15) is 5.75 Å². The molecule has 2 N–H and O–H groups in total. The van der Waals surface area contributed by atoms with Crippen LogP contribution in [0.3, 0.4) is 0 Å². The Morgan fingerprint density at radius 2 is 2.00 bits per heavy atom. The molecule has 0 spiro atoms. The predicted octanol–water partition coefficient (Wildman–Crippen LogP) is 2.76. The highest BCUT2D eigenvalue weighted by atomic mass is 127. The largest absolute Gasteiger partial charge is 0.496 e. The molecule has 1 saturated carbocycles. The van der Waals surface area contributed by atoms with Crippen molar-refractivity contribution in [3.8, 4) is 5.75 Å². The summed E-state index contributed by atoms with van der Waals surface area (Å²) >= 11 is 0. The molecule has 0 aromatic heterocycles. The van der Waals surface area contributed by atoms with Gasteiger partial charge in [0.2, 0.25) is 0 Å². The van der Waals surface area contributed by atoms with E-state index >= 15 is 0 Å². The van der Waals surface area contributed by atoms with E-state index in [0.29, 0.717) is 0 Å². The van der Waals surface area contributed by atoms with Crippen molar-refractivity contribution in [2.75, 3.05) is 40.5 Å². The van der Waals surface area contributed by atoms with Crippen LogP contribution in [0.4, 0.5) is 0 Å². The van der Waals surface area contributed by atoms with Crippen LogP contribution in [0.25, 0.3) is 0 Å². The van der Waals surface area contributed by atoms with E-state index in [9.17, 15) is 0 Å². The lowest BCUT2D eigenvalue weighted by atomic mass is 10.1. The molecule has 136 valence electrons. The van der Waals surface area contributed by atoms with Crippen LogP contribution in [0, 0.1) is 12.8 Å². The highest BCUT2D eigenvalue weighted by Gasteiger charge is 2.20. The molecule has 1 aromatic rings. The van der Waals surface area contributed by atoms with Crippen LogP contribution < -0.4 is 15.4 Å². The van der Waals surface area contributed by atoms with Crippen LogP contribution in [-0.2, 0) is 11.2 Å². The number of rotatable bonds is 9. The van der Waals surface area contributed by atoms with Gasteiger partial charge in [-0.1, -0.05) is 12.1 Å². The van der Waals surface area contributed by atoms with Crippen molar-refractivity contribution >= 4 is 29.9 Å². The van der Waals surface area contributed by atoms with Crippen molar-refractivity contribution in [3.05, 3.63) is 29.3 Å². The van der Waals surface area contributed by atoms with Gasteiger partial charge in [0, 0.05) is 26.7 Å². The smallest absolute Gasteiger partial charge is 0.191 e. The third kappa shape index (κ3) is 7.70. The maximum Gasteiger partial charge on any atom is 0.191 e. The van der Waals surface area contributed by atoms with Crippen molar-refractivity contribution in [1.82, 2.24) is 10.6 Å². The molecule has 0 amide bonds. The minimum Gasteiger partial charge on any atom is -0.496 e. The summed E-state index contributed by atoms with van der Waals surface area (Å²) in [6.07, 6.45) is 3.59. The van der Waals surface area contributed by atoms with Gasteiger partial charge >= 0.3 is 0 Å². The van der Waals surface area contributed by atoms with Gasteiger partial charge in [-0.2, -0.15) is 0 Å². The Kier molecular flexibility index (Phi) is 10.1. The number of halogens is 1. The van der Waals surface area contributed by atoms with E-state index in [1.165, 1.54) is 18.4 Å². The molecule has 0 bridgehead atoms. The number of benzene rings is 1. The first kappa shape index (κ1) is 21.0. The molecule has 1 aliphatic rings. The van der Waals surface area contributed by atoms with Gasteiger partial charge < -0.3 is 20.1 Å². The molecule has 0 unspecified atom stereocenters. The average molecular weight is 447 g/mol. The number of nitrogens with zero attached hydrogens (tertiary/aromatic N) is 1. The van der Waals surface area contributed by atoms with Gasteiger partial charge in [-0.15, -0.1) is 24.0 Å². The fourth-order valence-electron chi connectivity index (χ4n) is 2.34. The Hall–Kier alpha value is -1.02. The van der Waals surface area contributed by atoms with Gasteiger partial charge in [0.15, 0.2) is 5.96 Å². The summed E-state index contributed by atoms with van der Waals surface area (Å²) in [6.45, 7) is 5.30. The highest BCUT2D eigenvalue weighted by Crippen LogP contribution is 2.28. The van der Waals surface area contributed by atoms with E-state index in [-0.39, 0.29) is 24.0 Å². The van der Waals surface area contributed by atoms with Crippen molar-refractivity contribution < 1.29 is 9.47 Å². The van der Waals surface area contributed by atoms with Crippen molar-refractivity contribution in [1.29, 1.82) is 0 Å². The van der Waals surface area contributed by atoms with Crippen LogP contribution >= 0.6 is 24.0 Å². The van der Waals surface area contributed by atoms with Crippen LogP contribution in [0.2, 0.25) is 0 Å². The minimum atomic E-state index is 0. The average Bonchev–Trinajstić information content (AvgIpc) is 3.38. The van der Waals surface area contributed by atoms with Gasteiger partial charge in [-0.05, 0) is 49.3 Å². The van der Waals surface area contributed by atoms with Crippen molar-refractivity contribution in [3.63, 3.8) is 0 Å². The number of guanidine groups is 1. The molecule has 1 fully saturated rings. The predicted molar refractivity (Wildman–Crippen MR) is 110 cm³/mol. The molecule has 0 atom stereocenters. The molecule has 0 saturated heterocycles. The summed E-state index contributed by atoms with van der Waals surface area (Å²) in [7, 11) is 3.50. The molecular weight excluding hydrogens is 417 g/mol. The Morgan fingerprint density at radius 1 is 1.25 bits per heavy atom. The molecular formula is C18H30IN3O2. The number of aliphatic imine (C=N–C) groups is 1. The highest BCUT2D eigenvalue weighted by molar-refractivity contribution is 14.0. The number of aryl methyl sites for hydroxylation is 1. The second-order valence-electron chi connectivity index (χ2n) is 6.00. The molecule has 0 heterocycles. The van der Waals surface area contributed by atoms with E-state index in [2.05, 4.69) is 40.7 Å². The van der Waals surface area contributed by atoms with E-state index in [0.717, 1.165) is 55.9 Å². The Bertz CT molecular complexity index is 519. The van der Waals surface area contributed by atoms with Crippen LogP contribution in [0.1, 0.15) is 24.0 Å². The lowest BCUT2D eigenvalue weighted by molar-refractivity contribution is 0.129. The zero-order valence-corrected chi connectivity index (χ0v) is 17.3. The van der Waals surface area contributed by atoms with Gasteiger partial charge in [-0.3, -0.25) is 4.99 Å². The Morgan fingerprint density at radius 3 is 2.67 bits per heavy atom. The van der Waals surface area contributed by atoms with E-state index < -0.39 is 0 Å². The van der Waals surface area contributed by atoms with Gasteiger partial charge in [-0.25, -0.2) is 0 Å². The summed E-state index contributed by atoms with van der Waals surface area (Å²) in [5, 5.41) is 6.60. The maximum absolute atomic E-state index is 5.60. The number of nitrogens with one attached hydrogen (secondary N) is 2. The first-order chi connectivity index (χ1) is 11.2. The number of hydrogen-bond donors (Lipinski definition) is 2. The Labute approximate surface area is 162 Å².